The summed E-state index contributed by atoms with van der Waals surface area (Å²) in [6, 6.07) is 0. The van der Waals surface area contributed by atoms with Crippen molar-refractivity contribution in [3.05, 3.63) is 12.2 Å². The molecule has 2 saturated carbocycles. The molecule has 184 valence electrons. The summed E-state index contributed by atoms with van der Waals surface area (Å²) < 4.78 is 20.1. The van der Waals surface area contributed by atoms with Crippen LogP contribution in [-0.2, 0) is 13.6 Å². The molecule has 0 aromatic heterocycles. The van der Waals surface area contributed by atoms with E-state index in [0.29, 0.717) is 17.9 Å². The highest BCUT2D eigenvalue weighted by molar-refractivity contribution is 6.74. The Hall–Kier alpha value is 0.0538. The monoisotopic (exact) mass is 478 g/mol. The average Bonchev–Trinajstić information content (AvgIpc) is 3.20. The van der Waals surface area contributed by atoms with E-state index in [1.165, 1.54) is 25.7 Å². The van der Waals surface area contributed by atoms with E-state index in [1.54, 1.807) is 0 Å². The first-order valence-corrected chi connectivity index (χ1v) is 19.1. The van der Waals surface area contributed by atoms with Crippen LogP contribution >= 0.6 is 0 Å². The van der Waals surface area contributed by atoms with Gasteiger partial charge in [-0.1, -0.05) is 53.7 Å². The van der Waals surface area contributed by atoms with Crippen molar-refractivity contribution in [3.8, 4) is 0 Å². The maximum Gasteiger partial charge on any atom is 0.195 e. The third kappa shape index (κ3) is 4.50. The van der Waals surface area contributed by atoms with E-state index in [2.05, 4.69) is 79.9 Å². The SMILES string of the molecule is CC(C)(C)[Si](C)(C)OC1OCC[C@@H]2C1C[C@@H]1[C@H]2C=C[C@@H]2C[C@@H](O[Si](C)(C)C(C)(C)C)C[C@@H]12. The van der Waals surface area contributed by atoms with Crippen molar-refractivity contribution in [1.82, 2.24) is 0 Å². The summed E-state index contributed by atoms with van der Waals surface area (Å²) >= 11 is 0. The summed E-state index contributed by atoms with van der Waals surface area (Å²) in [5.41, 5.74) is 0. The van der Waals surface area contributed by atoms with Crippen LogP contribution in [0, 0.1) is 35.5 Å². The van der Waals surface area contributed by atoms with Crippen LogP contribution in [0.3, 0.4) is 0 Å². The minimum Gasteiger partial charge on any atom is -0.414 e. The first kappa shape index (κ1) is 25.2. The highest BCUT2D eigenvalue weighted by atomic mass is 28.4. The van der Waals surface area contributed by atoms with E-state index >= 15 is 0 Å². The van der Waals surface area contributed by atoms with Crippen molar-refractivity contribution in [1.29, 1.82) is 0 Å². The molecule has 1 aliphatic heterocycles. The van der Waals surface area contributed by atoms with E-state index in [-0.39, 0.29) is 16.4 Å². The minimum absolute atomic E-state index is 0.00720. The lowest BCUT2D eigenvalue weighted by Crippen LogP contribution is -2.49. The normalized spacial score (nSPS) is 40.2. The minimum atomic E-state index is -1.84. The molecule has 0 bridgehead atoms. The first-order chi connectivity index (χ1) is 14.6. The van der Waals surface area contributed by atoms with E-state index < -0.39 is 16.6 Å². The zero-order valence-corrected chi connectivity index (χ0v) is 24.5. The van der Waals surface area contributed by atoms with Gasteiger partial charge in [-0.3, -0.25) is 0 Å². The maximum absolute atomic E-state index is 6.91. The van der Waals surface area contributed by atoms with Crippen molar-refractivity contribution in [2.24, 2.45) is 35.5 Å². The molecular weight excluding hydrogens is 428 g/mol. The summed E-state index contributed by atoms with van der Waals surface area (Å²) in [4.78, 5) is 0. The first-order valence-electron chi connectivity index (χ1n) is 13.3. The summed E-state index contributed by atoms with van der Waals surface area (Å²) in [7, 11) is -3.56. The van der Waals surface area contributed by atoms with Gasteiger partial charge in [0.05, 0.1) is 0 Å². The fourth-order valence-electron chi connectivity index (χ4n) is 6.47. The molecule has 1 saturated heterocycles. The standard InChI is InChI=1S/C27H50O3Si2/c1-26(2,3)31(7,8)29-19-15-18-11-12-20-21-13-14-28-25(30-32(9,10)27(4,5)6)24(21)17-23(20)22(18)16-19/h11-12,18-25H,13-17H2,1-10H3/t18-,19-,20+,21+,22-,23-,24?,25?/m1/s1. The Morgan fingerprint density at radius 1 is 0.719 bits per heavy atom. The summed E-state index contributed by atoms with van der Waals surface area (Å²) in [5, 5.41) is 0.506. The molecule has 3 nitrogen and oxygen atoms in total. The number of allylic oxidation sites excluding steroid dienone is 2. The Labute approximate surface area is 200 Å². The molecule has 0 N–H and O–H groups in total. The van der Waals surface area contributed by atoms with Gasteiger partial charge >= 0.3 is 0 Å². The number of rotatable bonds is 4. The average molecular weight is 479 g/mol. The Morgan fingerprint density at radius 2 is 1.34 bits per heavy atom. The summed E-state index contributed by atoms with van der Waals surface area (Å²) in [5.74, 6) is 4.32. The summed E-state index contributed by atoms with van der Waals surface area (Å²) in [6.45, 7) is 24.5. The zero-order chi connectivity index (χ0) is 23.7. The van der Waals surface area contributed by atoms with Gasteiger partial charge in [0.1, 0.15) is 0 Å². The quantitative estimate of drug-likeness (QED) is 0.307. The van der Waals surface area contributed by atoms with Crippen LogP contribution in [0.2, 0.25) is 36.3 Å². The van der Waals surface area contributed by atoms with Crippen LogP contribution in [0.15, 0.2) is 12.2 Å². The van der Waals surface area contributed by atoms with E-state index in [4.69, 9.17) is 13.6 Å². The van der Waals surface area contributed by atoms with Crippen molar-refractivity contribution in [3.63, 3.8) is 0 Å². The fourth-order valence-corrected chi connectivity index (χ4v) is 9.03. The number of hydrogen-bond donors (Lipinski definition) is 0. The molecule has 0 spiro atoms. The van der Waals surface area contributed by atoms with Crippen LogP contribution in [0.25, 0.3) is 0 Å². The molecule has 0 aromatic carbocycles. The maximum atomic E-state index is 6.91. The molecule has 1 heterocycles. The number of ether oxygens (including phenoxy) is 1. The van der Waals surface area contributed by atoms with Crippen LogP contribution < -0.4 is 0 Å². The van der Waals surface area contributed by atoms with Gasteiger partial charge in [-0.15, -0.1) is 0 Å². The van der Waals surface area contributed by atoms with E-state index in [9.17, 15) is 0 Å². The van der Waals surface area contributed by atoms with Crippen molar-refractivity contribution < 1.29 is 13.6 Å². The van der Waals surface area contributed by atoms with Gasteiger partial charge in [0.2, 0.25) is 0 Å². The van der Waals surface area contributed by atoms with Crippen LogP contribution in [0.1, 0.15) is 67.2 Å². The number of fused-ring (bicyclic) bond motifs is 5. The Morgan fingerprint density at radius 3 is 1.97 bits per heavy atom. The topological polar surface area (TPSA) is 27.7 Å². The van der Waals surface area contributed by atoms with E-state index in [0.717, 1.165) is 30.3 Å². The van der Waals surface area contributed by atoms with Crippen LogP contribution in [-0.4, -0.2) is 35.6 Å². The third-order valence-corrected chi connectivity index (χ3v) is 19.4. The molecular formula is C27H50O3Si2. The van der Waals surface area contributed by atoms with Gasteiger partial charge in [-0.25, -0.2) is 0 Å². The molecule has 0 amide bonds. The van der Waals surface area contributed by atoms with Gasteiger partial charge in [0, 0.05) is 18.6 Å². The number of hydrogen-bond acceptors (Lipinski definition) is 3. The second-order valence-electron chi connectivity index (χ2n) is 14.4. The molecule has 32 heavy (non-hydrogen) atoms. The highest BCUT2D eigenvalue weighted by Gasteiger charge is 2.56. The second kappa shape index (κ2) is 8.32. The molecule has 3 fully saturated rings. The molecule has 0 radical (unpaired) electrons. The molecule has 3 aliphatic carbocycles. The van der Waals surface area contributed by atoms with Gasteiger partial charge in [0.15, 0.2) is 22.9 Å². The predicted molar refractivity (Wildman–Crippen MR) is 139 cm³/mol. The Kier molecular flexibility index (Phi) is 6.54. The molecule has 4 aliphatic rings. The molecule has 5 heteroatoms. The summed E-state index contributed by atoms with van der Waals surface area (Å²) in [6.07, 6.45) is 10.6. The second-order valence-corrected chi connectivity index (χ2v) is 23.9. The van der Waals surface area contributed by atoms with Crippen molar-refractivity contribution in [2.45, 2.75) is 116 Å². The van der Waals surface area contributed by atoms with Gasteiger partial charge in [-0.05, 0) is 91.5 Å². The fraction of sp³-hybridized carbons (Fsp3) is 0.926. The smallest absolute Gasteiger partial charge is 0.195 e. The largest absolute Gasteiger partial charge is 0.414 e. The van der Waals surface area contributed by atoms with Crippen LogP contribution in [0.4, 0.5) is 0 Å². The van der Waals surface area contributed by atoms with Gasteiger partial charge < -0.3 is 13.6 Å². The van der Waals surface area contributed by atoms with Crippen molar-refractivity contribution >= 4 is 16.6 Å². The Balaban J connectivity index is 1.47. The molecule has 8 atom stereocenters. The van der Waals surface area contributed by atoms with Crippen molar-refractivity contribution in [2.75, 3.05) is 6.61 Å². The van der Waals surface area contributed by atoms with Gasteiger partial charge in [0.25, 0.3) is 0 Å². The van der Waals surface area contributed by atoms with Crippen LogP contribution in [0.5, 0.6) is 0 Å². The molecule has 4 rings (SSSR count). The predicted octanol–water partition coefficient (Wildman–Crippen LogP) is 7.61. The highest BCUT2D eigenvalue weighted by Crippen LogP contribution is 2.58. The molecule has 2 unspecified atom stereocenters. The molecule has 0 aromatic rings. The lowest BCUT2D eigenvalue weighted by Gasteiger charge is -2.44. The van der Waals surface area contributed by atoms with Gasteiger partial charge in [-0.2, -0.15) is 0 Å². The third-order valence-electron chi connectivity index (χ3n) is 10.4. The lowest BCUT2D eigenvalue weighted by molar-refractivity contribution is -0.163. The lowest BCUT2D eigenvalue weighted by atomic mass is 9.71. The Bertz CT molecular complexity index is 717. The van der Waals surface area contributed by atoms with E-state index in [1.807, 2.05) is 0 Å². The zero-order valence-electron chi connectivity index (χ0n) is 22.5.